The second-order valence-corrected chi connectivity index (χ2v) is 7.88. The van der Waals surface area contributed by atoms with Gasteiger partial charge in [0.25, 0.3) is 14.3 Å². The average Bonchev–Trinajstić information content (AvgIpc) is 2.15. The van der Waals surface area contributed by atoms with Gasteiger partial charge in [-0.05, 0) is 18.1 Å². The summed E-state index contributed by atoms with van der Waals surface area (Å²) < 4.78 is 5.47. The summed E-state index contributed by atoms with van der Waals surface area (Å²) in [6.45, 7) is 6.11. The van der Waals surface area contributed by atoms with Gasteiger partial charge in [0.05, 0.1) is 13.0 Å². The minimum Gasteiger partial charge on any atom is -0.519 e. The van der Waals surface area contributed by atoms with E-state index >= 15 is 0 Å². The minimum atomic E-state index is -1.78. The fourth-order valence-corrected chi connectivity index (χ4v) is 3.87. The van der Waals surface area contributed by atoms with Gasteiger partial charge in [-0.3, -0.25) is 4.79 Å². The summed E-state index contributed by atoms with van der Waals surface area (Å²) in [5.41, 5.74) is 0. The molecule has 0 heterocycles. The van der Waals surface area contributed by atoms with Gasteiger partial charge in [-0.15, -0.1) is 0 Å². The zero-order valence-electron chi connectivity index (χ0n) is 8.80. The minimum absolute atomic E-state index is 0.111. The van der Waals surface area contributed by atoms with Crippen LogP contribution in [0.5, 0.6) is 0 Å². The summed E-state index contributed by atoms with van der Waals surface area (Å²) in [6, 6.07) is 2.91. The third-order valence-electron chi connectivity index (χ3n) is 2.58. The molecule has 0 aromatic rings. The zero-order chi connectivity index (χ0) is 10.3. The Balaban J connectivity index is 4.16. The highest BCUT2D eigenvalue weighted by Gasteiger charge is 2.32. The van der Waals surface area contributed by atoms with E-state index in [-0.39, 0.29) is 19.0 Å². The third kappa shape index (κ3) is 3.91. The molecule has 0 radical (unpaired) electrons. The van der Waals surface area contributed by atoms with E-state index in [1.807, 2.05) is 0 Å². The Hall–Kier alpha value is -0.353. The van der Waals surface area contributed by atoms with Crippen molar-refractivity contribution in [2.45, 2.75) is 45.3 Å². The molecule has 0 saturated carbocycles. The first-order chi connectivity index (χ1) is 6.14. The number of aliphatic hydroxyl groups is 1. The number of carbonyl (C=O) groups excluding carboxylic acids is 1. The fraction of sp³-hybridized carbons (Fsp3) is 0.889. The second-order valence-electron chi connectivity index (χ2n) is 3.19. The highest BCUT2D eigenvalue weighted by Crippen LogP contribution is 2.21. The number of hydrogen-bond donors (Lipinski definition) is 1. The van der Waals surface area contributed by atoms with Crippen molar-refractivity contribution in [3.63, 3.8) is 0 Å². The summed E-state index contributed by atoms with van der Waals surface area (Å²) in [5, 5.41) is 8.57. The number of aliphatic hydroxyl groups excluding tert-OH is 1. The molecular weight excluding hydrogens is 184 g/mol. The van der Waals surface area contributed by atoms with E-state index in [2.05, 4.69) is 20.8 Å². The zero-order valence-corrected chi connectivity index (χ0v) is 9.80. The van der Waals surface area contributed by atoms with Crippen LogP contribution >= 0.6 is 0 Å². The monoisotopic (exact) mass is 204 g/mol. The molecule has 4 heteroatoms. The predicted octanol–water partition coefficient (Wildman–Crippen LogP) is 1.92. The Morgan fingerprint density at radius 1 is 1.23 bits per heavy atom. The van der Waals surface area contributed by atoms with Crippen molar-refractivity contribution in [3.05, 3.63) is 0 Å². The summed E-state index contributed by atoms with van der Waals surface area (Å²) in [6.07, 6.45) is 0.134. The van der Waals surface area contributed by atoms with Gasteiger partial charge in [0.15, 0.2) is 0 Å². The molecule has 0 aliphatic rings. The van der Waals surface area contributed by atoms with Crippen LogP contribution in [0, 0.1) is 0 Å². The average molecular weight is 204 g/mol. The summed E-state index contributed by atoms with van der Waals surface area (Å²) in [5.74, 6) is -0.236. The molecule has 13 heavy (non-hydrogen) atoms. The maximum atomic E-state index is 11.2. The van der Waals surface area contributed by atoms with Crippen LogP contribution in [0.4, 0.5) is 0 Å². The van der Waals surface area contributed by atoms with Crippen molar-refractivity contribution >= 4 is 14.3 Å². The molecular formula is C9H20O3Si. The Kier molecular flexibility index (Phi) is 5.99. The van der Waals surface area contributed by atoms with E-state index in [0.717, 1.165) is 18.1 Å². The molecule has 0 aromatic heterocycles. The topological polar surface area (TPSA) is 46.5 Å². The van der Waals surface area contributed by atoms with E-state index < -0.39 is 8.32 Å². The molecule has 0 aliphatic carbocycles. The van der Waals surface area contributed by atoms with Crippen LogP contribution in [0.2, 0.25) is 18.1 Å². The molecule has 78 valence electrons. The van der Waals surface area contributed by atoms with Crippen molar-refractivity contribution in [2.75, 3.05) is 6.61 Å². The lowest BCUT2D eigenvalue weighted by Crippen LogP contribution is -2.38. The molecule has 0 aromatic carbocycles. The molecule has 0 rings (SSSR count). The van der Waals surface area contributed by atoms with Gasteiger partial charge in [0, 0.05) is 0 Å². The number of rotatable bonds is 6. The van der Waals surface area contributed by atoms with Crippen LogP contribution in [0.25, 0.3) is 0 Å². The van der Waals surface area contributed by atoms with Gasteiger partial charge < -0.3 is 9.53 Å². The molecule has 0 atom stereocenters. The van der Waals surface area contributed by atoms with Crippen LogP contribution < -0.4 is 0 Å². The SMILES string of the molecule is CC[Si](CC)(CC)OC(=O)CCO. The molecule has 0 spiro atoms. The molecule has 0 saturated heterocycles. The summed E-state index contributed by atoms with van der Waals surface area (Å²) >= 11 is 0. The van der Waals surface area contributed by atoms with Crippen LogP contribution in [0.15, 0.2) is 0 Å². The quantitative estimate of drug-likeness (QED) is 0.672. The molecule has 0 aliphatic heterocycles. The highest BCUT2D eigenvalue weighted by molar-refractivity contribution is 6.74. The lowest BCUT2D eigenvalue weighted by molar-refractivity contribution is -0.136. The molecule has 3 nitrogen and oxygen atoms in total. The predicted molar refractivity (Wildman–Crippen MR) is 55.0 cm³/mol. The van der Waals surface area contributed by atoms with Gasteiger partial charge in [0.1, 0.15) is 0 Å². The van der Waals surface area contributed by atoms with Gasteiger partial charge >= 0.3 is 0 Å². The maximum Gasteiger partial charge on any atom is 0.294 e. The summed E-state index contributed by atoms with van der Waals surface area (Å²) in [4.78, 5) is 11.2. The van der Waals surface area contributed by atoms with Crippen molar-refractivity contribution in [2.24, 2.45) is 0 Å². The van der Waals surface area contributed by atoms with E-state index in [4.69, 9.17) is 9.53 Å². The van der Waals surface area contributed by atoms with E-state index in [1.54, 1.807) is 0 Å². The highest BCUT2D eigenvalue weighted by atomic mass is 28.4. The maximum absolute atomic E-state index is 11.2. The van der Waals surface area contributed by atoms with Gasteiger partial charge in [-0.2, -0.15) is 0 Å². The largest absolute Gasteiger partial charge is 0.519 e. The summed E-state index contributed by atoms with van der Waals surface area (Å²) in [7, 11) is -1.78. The lowest BCUT2D eigenvalue weighted by Gasteiger charge is -2.27. The van der Waals surface area contributed by atoms with Crippen molar-refractivity contribution in [1.29, 1.82) is 0 Å². The van der Waals surface area contributed by atoms with E-state index in [0.29, 0.717) is 0 Å². The molecule has 1 N–H and O–H groups in total. The first-order valence-corrected chi connectivity index (χ1v) is 7.49. The van der Waals surface area contributed by atoms with Crippen molar-refractivity contribution < 1.29 is 14.3 Å². The Morgan fingerprint density at radius 3 is 2.00 bits per heavy atom. The first kappa shape index (κ1) is 12.6. The molecule has 0 fully saturated rings. The van der Waals surface area contributed by atoms with Crippen molar-refractivity contribution in [1.82, 2.24) is 0 Å². The van der Waals surface area contributed by atoms with Crippen LogP contribution in [0.1, 0.15) is 27.2 Å². The third-order valence-corrected chi connectivity index (χ3v) is 7.11. The fourth-order valence-electron chi connectivity index (χ4n) is 1.35. The van der Waals surface area contributed by atoms with Crippen LogP contribution in [-0.2, 0) is 9.22 Å². The van der Waals surface area contributed by atoms with Gasteiger partial charge in [-0.1, -0.05) is 20.8 Å². The Morgan fingerprint density at radius 2 is 1.69 bits per heavy atom. The van der Waals surface area contributed by atoms with Crippen LogP contribution in [0.3, 0.4) is 0 Å². The number of carbonyl (C=O) groups is 1. The van der Waals surface area contributed by atoms with Gasteiger partial charge in [-0.25, -0.2) is 0 Å². The van der Waals surface area contributed by atoms with E-state index in [9.17, 15) is 4.79 Å². The smallest absolute Gasteiger partial charge is 0.294 e. The van der Waals surface area contributed by atoms with Crippen molar-refractivity contribution in [3.8, 4) is 0 Å². The molecule has 0 bridgehead atoms. The first-order valence-electron chi connectivity index (χ1n) is 4.96. The van der Waals surface area contributed by atoms with Gasteiger partial charge in [0.2, 0.25) is 0 Å². The Labute approximate surface area is 81.2 Å². The standard InChI is InChI=1S/C9H20O3Si/c1-4-13(5-2,6-3)12-9(11)7-8-10/h10H,4-8H2,1-3H3. The number of hydrogen-bond acceptors (Lipinski definition) is 3. The normalized spacial score (nSPS) is 11.4. The molecule has 0 unspecified atom stereocenters. The van der Waals surface area contributed by atoms with Crippen LogP contribution in [-0.4, -0.2) is 26.0 Å². The molecule has 0 amide bonds. The van der Waals surface area contributed by atoms with E-state index in [1.165, 1.54) is 0 Å². The Bertz CT molecular complexity index is 147. The lowest BCUT2D eigenvalue weighted by atomic mass is 10.5. The second kappa shape index (κ2) is 6.15.